The molecule has 0 aliphatic carbocycles. The Morgan fingerprint density at radius 1 is 1.50 bits per heavy atom. The van der Waals surface area contributed by atoms with E-state index in [1.807, 2.05) is 0 Å². The maximum Gasteiger partial charge on any atom is 0.158 e. The molecule has 0 saturated carbocycles. The SMILES string of the molecule is [SiH3]OP1CCCCO1. The first-order valence-electron chi connectivity index (χ1n) is 2.88. The van der Waals surface area contributed by atoms with Crippen molar-refractivity contribution in [3.63, 3.8) is 0 Å². The number of hydrogen-bond donors (Lipinski definition) is 0. The van der Waals surface area contributed by atoms with E-state index in [0.29, 0.717) is 0 Å². The fraction of sp³-hybridized carbons (Fsp3) is 1.00. The second-order valence-electron chi connectivity index (χ2n) is 1.78. The summed E-state index contributed by atoms with van der Waals surface area (Å²) in [6, 6.07) is 0. The third-order valence-corrected chi connectivity index (χ3v) is 3.95. The normalized spacial score (nSPS) is 30.8. The summed E-state index contributed by atoms with van der Waals surface area (Å²) in [4.78, 5) is 0. The van der Waals surface area contributed by atoms with Gasteiger partial charge in [-0.1, -0.05) is 0 Å². The fourth-order valence-electron chi connectivity index (χ4n) is 0.718. The molecule has 0 aromatic heterocycles. The van der Waals surface area contributed by atoms with Crippen molar-refractivity contribution in [2.24, 2.45) is 0 Å². The Morgan fingerprint density at radius 3 is 2.75 bits per heavy atom. The predicted molar refractivity (Wildman–Crippen MR) is 38.0 cm³/mol. The largest absolute Gasteiger partial charge is 0.387 e. The topological polar surface area (TPSA) is 18.5 Å². The van der Waals surface area contributed by atoms with Crippen LogP contribution in [0.1, 0.15) is 12.8 Å². The highest BCUT2D eigenvalue weighted by atomic mass is 31.2. The quantitative estimate of drug-likeness (QED) is 0.398. The van der Waals surface area contributed by atoms with Gasteiger partial charge in [0.25, 0.3) is 0 Å². The van der Waals surface area contributed by atoms with Gasteiger partial charge >= 0.3 is 0 Å². The summed E-state index contributed by atoms with van der Waals surface area (Å²) in [5.41, 5.74) is 0. The molecule has 0 bridgehead atoms. The molecule has 1 heterocycles. The van der Waals surface area contributed by atoms with Gasteiger partial charge in [-0.05, 0) is 12.8 Å². The van der Waals surface area contributed by atoms with Crippen molar-refractivity contribution >= 4 is 18.9 Å². The van der Waals surface area contributed by atoms with E-state index < -0.39 is 8.38 Å². The molecule has 0 aromatic rings. The molecule has 1 saturated heterocycles. The Labute approximate surface area is 54.0 Å². The Kier molecular flexibility index (Phi) is 2.98. The van der Waals surface area contributed by atoms with Crippen molar-refractivity contribution in [2.45, 2.75) is 12.8 Å². The Morgan fingerprint density at radius 2 is 2.38 bits per heavy atom. The number of hydrogen-bond acceptors (Lipinski definition) is 2. The van der Waals surface area contributed by atoms with E-state index in [1.165, 1.54) is 19.0 Å². The van der Waals surface area contributed by atoms with Crippen molar-refractivity contribution in [2.75, 3.05) is 12.8 Å². The highest BCUT2D eigenvalue weighted by Crippen LogP contribution is 2.40. The zero-order chi connectivity index (χ0) is 5.82. The summed E-state index contributed by atoms with van der Waals surface area (Å²) in [7, 11) is 0.426. The van der Waals surface area contributed by atoms with Crippen molar-refractivity contribution in [3.8, 4) is 0 Å². The fourth-order valence-corrected chi connectivity index (χ4v) is 2.81. The van der Waals surface area contributed by atoms with Gasteiger partial charge < -0.3 is 8.74 Å². The van der Waals surface area contributed by atoms with Gasteiger partial charge in [-0.25, -0.2) is 0 Å². The van der Waals surface area contributed by atoms with Crippen LogP contribution < -0.4 is 0 Å². The first-order valence-corrected chi connectivity index (χ1v) is 5.06. The van der Waals surface area contributed by atoms with Crippen LogP contribution in [0.4, 0.5) is 0 Å². The zero-order valence-corrected chi connectivity index (χ0v) is 7.99. The summed E-state index contributed by atoms with van der Waals surface area (Å²) in [6.07, 6.45) is 3.69. The Hall–Kier alpha value is 0.567. The second kappa shape index (κ2) is 3.57. The molecule has 0 aromatic carbocycles. The maximum atomic E-state index is 5.30. The third kappa shape index (κ3) is 1.82. The maximum absolute atomic E-state index is 5.30. The molecule has 4 heteroatoms. The van der Waals surface area contributed by atoms with Gasteiger partial charge in [-0.15, -0.1) is 0 Å². The predicted octanol–water partition coefficient (Wildman–Crippen LogP) is 0.406. The van der Waals surface area contributed by atoms with Gasteiger partial charge in [-0.3, -0.25) is 0 Å². The van der Waals surface area contributed by atoms with E-state index in [9.17, 15) is 0 Å². The van der Waals surface area contributed by atoms with Crippen LogP contribution in [0.5, 0.6) is 0 Å². The molecule has 1 aliphatic rings. The van der Waals surface area contributed by atoms with E-state index in [-0.39, 0.29) is 0 Å². The van der Waals surface area contributed by atoms with Crippen LogP contribution in [0.15, 0.2) is 0 Å². The average Bonchev–Trinajstić information content (AvgIpc) is 1.90. The molecule has 1 fully saturated rings. The molecule has 0 spiro atoms. The van der Waals surface area contributed by atoms with Crippen LogP contribution in [-0.2, 0) is 8.74 Å². The molecule has 1 aliphatic heterocycles. The van der Waals surface area contributed by atoms with Gasteiger partial charge in [0.1, 0.15) is 0 Å². The molecular weight excluding hydrogens is 139 g/mol. The van der Waals surface area contributed by atoms with Crippen LogP contribution in [-0.4, -0.2) is 23.3 Å². The van der Waals surface area contributed by atoms with E-state index in [1.54, 1.807) is 0 Å². The summed E-state index contributed by atoms with van der Waals surface area (Å²) >= 11 is 0. The number of rotatable bonds is 1. The lowest BCUT2D eigenvalue weighted by molar-refractivity contribution is 0.291. The first kappa shape index (κ1) is 6.68. The molecule has 0 radical (unpaired) electrons. The summed E-state index contributed by atoms with van der Waals surface area (Å²) in [6.45, 7) is 0.925. The minimum Gasteiger partial charge on any atom is -0.387 e. The van der Waals surface area contributed by atoms with Crippen molar-refractivity contribution in [1.82, 2.24) is 0 Å². The molecule has 1 rings (SSSR count). The molecular formula is C4H11O2PSi. The minimum atomic E-state index is -0.408. The second-order valence-corrected chi connectivity index (χ2v) is 4.61. The lowest BCUT2D eigenvalue weighted by Gasteiger charge is -2.19. The first-order chi connectivity index (χ1) is 3.93. The Balaban J connectivity index is 2.13. The molecule has 48 valence electrons. The van der Waals surface area contributed by atoms with Gasteiger partial charge in [-0.2, -0.15) is 0 Å². The van der Waals surface area contributed by atoms with Crippen molar-refractivity contribution in [3.05, 3.63) is 0 Å². The van der Waals surface area contributed by atoms with Gasteiger partial charge in [0, 0.05) is 6.16 Å². The van der Waals surface area contributed by atoms with Gasteiger partial charge in [0.15, 0.2) is 18.9 Å². The van der Waals surface area contributed by atoms with Crippen LogP contribution in [0, 0.1) is 0 Å². The lowest BCUT2D eigenvalue weighted by atomic mass is 10.4. The van der Waals surface area contributed by atoms with E-state index >= 15 is 0 Å². The Bertz CT molecular complexity index is 65.1. The highest BCUT2D eigenvalue weighted by Gasteiger charge is 2.11. The van der Waals surface area contributed by atoms with E-state index in [0.717, 1.165) is 17.1 Å². The average molecular weight is 150 g/mol. The minimum absolute atomic E-state index is 0.408. The van der Waals surface area contributed by atoms with Crippen LogP contribution in [0.3, 0.4) is 0 Å². The molecule has 0 amide bonds. The van der Waals surface area contributed by atoms with Crippen LogP contribution >= 0.6 is 8.38 Å². The van der Waals surface area contributed by atoms with Crippen molar-refractivity contribution in [1.29, 1.82) is 0 Å². The van der Waals surface area contributed by atoms with Crippen molar-refractivity contribution < 1.29 is 8.74 Å². The van der Waals surface area contributed by atoms with Gasteiger partial charge in [0.2, 0.25) is 0 Å². The van der Waals surface area contributed by atoms with E-state index in [4.69, 9.17) is 8.74 Å². The monoisotopic (exact) mass is 150 g/mol. The molecule has 1 unspecified atom stereocenters. The molecule has 0 N–H and O–H groups in total. The summed E-state index contributed by atoms with van der Waals surface area (Å²) < 4.78 is 10.5. The van der Waals surface area contributed by atoms with E-state index in [2.05, 4.69) is 0 Å². The third-order valence-electron chi connectivity index (χ3n) is 1.17. The summed E-state index contributed by atoms with van der Waals surface area (Å²) in [5.74, 6) is 0. The van der Waals surface area contributed by atoms with Crippen LogP contribution in [0.25, 0.3) is 0 Å². The highest BCUT2D eigenvalue weighted by molar-refractivity contribution is 7.48. The van der Waals surface area contributed by atoms with Crippen LogP contribution in [0.2, 0.25) is 0 Å². The summed E-state index contributed by atoms with van der Waals surface area (Å²) in [5, 5.41) is 0. The lowest BCUT2D eigenvalue weighted by Crippen LogP contribution is -2.02. The van der Waals surface area contributed by atoms with Gasteiger partial charge in [0.05, 0.1) is 6.61 Å². The standard InChI is InChI=1S/C4H11O2PSi/c8-6-7-4-2-1-3-5-7/h1-4H2,8H3. The molecule has 1 atom stereocenters. The smallest absolute Gasteiger partial charge is 0.158 e. The molecule has 2 nitrogen and oxygen atoms in total. The molecule has 8 heavy (non-hydrogen) atoms. The zero-order valence-electron chi connectivity index (χ0n) is 5.09.